The maximum absolute atomic E-state index is 10.3. The molecule has 0 aliphatic carbocycles. The van der Waals surface area contributed by atoms with Crippen molar-refractivity contribution in [2.45, 2.75) is 12.5 Å². The van der Waals surface area contributed by atoms with Gasteiger partial charge < -0.3 is 7.16 Å². The molecule has 0 heterocycles. The number of rotatable bonds is 5. The van der Waals surface area contributed by atoms with Crippen molar-refractivity contribution in [3.63, 3.8) is 0 Å². The molecule has 0 aromatic carbocycles. The third-order valence-corrected chi connectivity index (χ3v) is 2.61. The van der Waals surface area contributed by atoms with Gasteiger partial charge in [0.25, 0.3) is 10.1 Å². The Labute approximate surface area is 101 Å². The van der Waals surface area contributed by atoms with Gasteiger partial charge >= 0.3 is 29.6 Å². The van der Waals surface area contributed by atoms with Gasteiger partial charge in [0.15, 0.2) is 0 Å². The summed E-state index contributed by atoms with van der Waals surface area (Å²) in [6.45, 7) is 0. The van der Waals surface area contributed by atoms with E-state index in [2.05, 4.69) is 0 Å². The molecule has 4 nitrogen and oxygen atoms in total. The molecule has 0 rings (SSSR count). The van der Waals surface area contributed by atoms with Crippen LogP contribution in [0.3, 0.4) is 0 Å². The summed E-state index contributed by atoms with van der Waals surface area (Å²) in [6, 6.07) is -0.447. The van der Waals surface area contributed by atoms with E-state index in [1.54, 1.807) is 11.8 Å². The Morgan fingerprint density at radius 1 is 1.67 bits per heavy atom. The smallest absolute Gasteiger partial charge is 1.00 e. The summed E-state index contributed by atoms with van der Waals surface area (Å²) in [6.07, 6.45) is 2.53. The average molecular weight is 223 g/mol. The van der Waals surface area contributed by atoms with Gasteiger partial charge in [0.05, 0.1) is 5.75 Å². The first kappa shape index (κ1) is 15.7. The van der Waals surface area contributed by atoms with Crippen molar-refractivity contribution in [3.05, 3.63) is 0 Å². The molecule has 0 spiro atoms. The van der Waals surface area contributed by atoms with Gasteiger partial charge in [-0.1, -0.05) is 0 Å². The van der Waals surface area contributed by atoms with Gasteiger partial charge in [-0.05, 0) is 18.4 Å². The van der Waals surface area contributed by atoms with Crippen LogP contribution in [-0.2, 0) is 10.1 Å². The van der Waals surface area contributed by atoms with Crippen molar-refractivity contribution in [1.82, 2.24) is 0 Å². The molecule has 0 aromatic heterocycles. The number of thioether (sulfide) groups is 1. The van der Waals surface area contributed by atoms with Gasteiger partial charge in [-0.25, -0.2) is 0 Å². The molecule has 7 heteroatoms. The van der Waals surface area contributed by atoms with E-state index in [0.29, 0.717) is 6.42 Å². The molecule has 0 amide bonds. The van der Waals surface area contributed by atoms with Gasteiger partial charge in [-0.15, -0.1) is 0 Å². The van der Waals surface area contributed by atoms with Crippen LogP contribution < -0.4 is 35.3 Å². The van der Waals surface area contributed by atoms with E-state index in [9.17, 15) is 8.42 Å². The molecule has 0 aromatic rings. The van der Waals surface area contributed by atoms with Gasteiger partial charge in [0, 0.05) is 6.04 Å². The van der Waals surface area contributed by atoms with Crippen molar-refractivity contribution in [2.75, 3.05) is 17.8 Å². The SMILES string of the molecule is CSCC[C@H](N)CS(=O)(=O)O.[H-].[Na+]. The van der Waals surface area contributed by atoms with Gasteiger partial charge in [-0.3, -0.25) is 4.55 Å². The number of nitrogens with two attached hydrogens (primary N) is 1. The zero-order valence-corrected chi connectivity index (χ0v) is 11.0. The van der Waals surface area contributed by atoms with Crippen LogP contribution in [0, 0.1) is 0 Å². The molecule has 3 N–H and O–H groups in total. The van der Waals surface area contributed by atoms with Gasteiger partial charge in [0.2, 0.25) is 0 Å². The Kier molecular flexibility index (Phi) is 9.94. The van der Waals surface area contributed by atoms with E-state index in [1.807, 2.05) is 6.26 Å². The Balaban J connectivity index is -0.000000500. The van der Waals surface area contributed by atoms with Crippen LogP contribution in [0.5, 0.6) is 0 Å². The normalized spacial score (nSPS) is 13.6. The Morgan fingerprint density at radius 2 is 2.17 bits per heavy atom. The van der Waals surface area contributed by atoms with Crippen molar-refractivity contribution < 1.29 is 44.0 Å². The third kappa shape index (κ3) is 11.2. The standard InChI is InChI=1S/C5H13NO3S2.Na.H/c1-10-3-2-5(6)4-11(7,8)9;;/h5H,2-4,6H2,1H3,(H,7,8,9);;/q;+1;-1/t5-;;/m0../s1. The largest absolute Gasteiger partial charge is 1.00 e. The van der Waals surface area contributed by atoms with Crippen LogP contribution in [0.25, 0.3) is 0 Å². The fourth-order valence-corrected chi connectivity index (χ4v) is 1.87. The molecule has 70 valence electrons. The van der Waals surface area contributed by atoms with Crippen molar-refractivity contribution in [3.8, 4) is 0 Å². The molecular formula is C5H14NNaO3S2. The summed E-state index contributed by atoms with van der Waals surface area (Å²) in [5, 5.41) is 0. The molecule has 0 unspecified atom stereocenters. The van der Waals surface area contributed by atoms with Crippen LogP contribution in [0.4, 0.5) is 0 Å². The quantitative estimate of drug-likeness (QED) is 0.385. The molecular weight excluding hydrogens is 209 g/mol. The zero-order valence-electron chi connectivity index (χ0n) is 8.36. The summed E-state index contributed by atoms with van der Waals surface area (Å²) >= 11 is 1.60. The van der Waals surface area contributed by atoms with E-state index in [-0.39, 0.29) is 36.7 Å². The van der Waals surface area contributed by atoms with E-state index < -0.39 is 16.2 Å². The predicted octanol–water partition coefficient (Wildman–Crippen LogP) is -2.93. The molecule has 0 fully saturated rings. The van der Waals surface area contributed by atoms with Crippen molar-refractivity contribution >= 4 is 21.9 Å². The Morgan fingerprint density at radius 3 is 2.50 bits per heavy atom. The second-order valence-corrected chi connectivity index (χ2v) is 4.77. The molecule has 1 atom stereocenters. The number of hydrogen-bond acceptors (Lipinski definition) is 4. The first-order valence-corrected chi connectivity index (χ1v) is 6.15. The summed E-state index contributed by atoms with van der Waals surface area (Å²) in [5.41, 5.74) is 5.39. The topological polar surface area (TPSA) is 80.4 Å². The number of hydrogen-bond donors (Lipinski definition) is 2. The Bertz CT molecular complexity index is 200. The second kappa shape index (κ2) is 7.61. The van der Waals surface area contributed by atoms with Crippen LogP contribution in [0.1, 0.15) is 7.85 Å². The van der Waals surface area contributed by atoms with E-state index in [1.165, 1.54) is 0 Å². The first-order chi connectivity index (χ1) is 4.95. The summed E-state index contributed by atoms with van der Waals surface area (Å²) in [5.74, 6) is 0.476. The summed E-state index contributed by atoms with van der Waals surface area (Å²) in [7, 11) is -3.89. The second-order valence-electron chi connectivity index (χ2n) is 2.29. The third-order valence-electron chi connectivity index (χ3n) is 1.12. The van der Waals surface area contributed by atoms with Crippen LogP contribution in [-0.4, -0.2) is 36.8 Å². The molecule has 0 aliphatic rings. The minimum absolute atomic E-state index is 0. The average Bonchev–Trinajstić information content (AvgIpc) is 1.79. The van der Waals surface area contributed by atoms with Crippen LogP contribution >= 0.6 is 11.8 Å². The van der Waals surface area contributed by atoms with Gasteiger partial charge in [0.1, 0.15) is 0 Å². The summed E-state index contributed by atoms with van der Waals surface area (Å²) in [4.78, 5) is 0. The fraction of sp³-hybridized carbons (Fsp3) is 1.00. The minimum atomic E-state index is -3.89. The summed E-state index contributed by atoms with van der Waals surface area (Å²) < 4.78 is 28.9. The van der Waals surface area contributed by atoms with E-state index in [4.69, 9.17) is 10.3 Å². The monoisotopic (exact) mass is 223 g/mol. The zero-order chi connectivity index (χ0) is 8.91. The van der Waals surface area contributed by atoms with Crippen LogP contribution in [0.15, 0.2) is 0 Å². The molecule has 0 saturated carbocycles. The van der Waals surface area contributed by atoms with E-state index in [0.717, 1.165) is 5.75 Å². The Hall–Kier alpha value is 1.22. The van der Waals surface area contributed by atoms with Crippen LogP contribution in [0.2, 0.25) is 0 Å². The maximum Gasteiger partial charge on any atom is 1.00 e. The molecule has 0 saturated heterocycles. The minimum Gasteiger partial charge on any atom is -1.00 e. The fourth-order valence-electron chi connectivity index (χ4n) is 0.623. The van der Waals surface area contributed by atoms with Crippen molar-refractivity contribution in [2.24, 2.45) is 5.73 Å². The molecule has 0 radical (unpaired) electrons. The van der Waals surface area contributed by atoms with Crippen molar-refractivity contribution in [1.29, 1.82) is 0 Å². The predicted molar refractivity (Wildman–Crippen MR) is 48.5 cm³/mol. The van der Waals surface area contributed by atoms with Gasteiger partial charge in [-0.2, -0.15) is 20.2 Å². The first-order valence-electron chi connectivity index (χ1n) is 3.15. The molecule has 0 aliphatic heterocycles. The molecule has 0 bridgehead atoms. The molecule has 12 heavy (non-hydrogen) atoms. The van der Waals surface area contributed by atoms with E-state index >= 15 is 0 Å². The maximum atomic E-state index is 10.3.